The molecule has 2 N–H and O–H groups in total. The summed E-state index contributed by atoms with van der Waals surface area (Å²) in [7, 11) is 0. The first-order valence-corrected chi connectivity index (χ1v) is 7.35. The quantitative estimate of drug-likeness (QED) is 0.869. The van der Waals surface area contributed by atoms with E-state index in [0.29, 0.717) is 25.0 Å². The molecule has 0 spiro atoms. The highest BCUT2D eigenvalue weighted by Crippen LogP contribution is 2.22. The number of rotatable bonds is 5. The van der Waals surface area contributed by atoms with Crippen LogP contribution in [0.4, 0.5) is 4.79 Å². The van der Waals surface area contributed by atoms with Crippen molar-refractivity contribution in [2.45, 2.75) is 32.7 Å². The minimum atomic E-state index is -0.345. The van der Waals surface area contributed by atoms with Crippen LogP contribution in [0, 0.1) is 5.92 Å². The number of amides is 1. The second kappa shape index (κ2) is 7.29. The van der Waals surface area contributed by atoms with Gasteiger partial charge in [0.1, 0.15) is 0 Å². The molecule has 1 aromatic carbocycles. The lowest BCUT2D eigenvalue weighted by atomic mass is 9.97. The summed E-state index contributed by atoms with van der Waals surface area (Å²) < 4.78 is 5.07. The number of benzene rings is 1. The van der Waals surface area contributed by atoms with Crippen LogP contribution in [0.15, 0.2) is 24.3 Å². The van der Waals surface area contributed by atoms with Crippen LogP contribution in [0.1, 0.15) is 37.3 Å². The molecule has 0 saturated carbocycles. The fourth-order valence-corrected chi connectivity index (χ4v) is 2.31. The number of alkyl carbamates (subject to hydrolysis) is 1. The van der Waals surface area contributed by atoms with Gasteiger partial charge in [0.15, 0.2) is 0 Å². The molecule has 1 amide bonds. The summed E-state index contributed by atoms with van der Waals surface area (Å²) in [6.07, 6.45) is 0.863. The molecule has 1 saturated heterocycles. The SMILES string of the molecule is CC(C)COC(=O)NCc1ccc(C2CCNC2)cc1. The van der Waals surface area contributed by atoms with Gasteiger partial charge in [0.25, 0.3) is 0 Å². The van der Waals surface area contributed by atoms with Crippen LogP contribution in [-0.2, 0) is 11.3 Å². The van der Waals surface area contributed by atoms with Crippen molar-refractivity contribution in [3.05, 3.63) is 35.4 Å². The van der Waals surface area contributed by atoms with E-state index in [1.807, 2.05) is 13.8 Å². The van der Waals surface area contributed by atoms with E-state index < -0.39 is 0 Å². The molecule has 1 heterocycles. The summed E-state index contributed by atoms with van der Waals surface area (Å²) in [5, 5.41) is 6.14. The molecular weight excluding hydrogens is 252 g/mol. The minimum Gasteiger partial charge on any atom is -0.449 e. The second-order valence-corrected chi connectivity index (χ2v) is 5.78. The van der Waals surface area contributed by atoms with Crippen LogP contribution in [0.5, 0.6) is 0 Å². The Morgan fingerprint density at radius 2 is 2.15 bits per heavy atom. The molecule has 1 unspecified atom stereocenters. The summed E-state index contributed by atoms with van der Waals surface area (Å²) >= 11 is 0. The van der Waals surface area contributed by atoms with Crippen LogP contribution < -0.4 is 10.6 Å². The Labute approximate surface area is 120 Å². The summed E-state index contributed by atoms with van der Waals surface area (Å²) in [6.45, 7) is 7.18. The van der Waals surface area contributed by atoms with Gasteiger partial charge in [-0.3, -0.25) is 0 Å². The summed E-state index contributed by atoms with van der Waals surface area (Å²) in [6, 6.07) is 8.48. The number of nitrogens with one attached hydrogen (secondary N) is 2. The molecule has 0 aliphatic carbocycles. The molecule has 0 bridgehead atoms. The molecule has 4 nitrogen and oxygen atoms in total. The number of carbonyl (C=O) groups excluding carboxylic acids is 1. The highest BCUT2D eigenvalue weighted by Gasteiger charge is 2.16. The van der Waals surface area contributed by atoms with Crippen molar-refractivity contribution in [2.24, 2.45) is 5.92 Å². The van der Waals surface area contributed by atoms with Gasteiger partial charge in [-0.2, -0.15) is 0 Å². The second-order valence-electron chi connectivity index (χ2n) is 5.78. The predicted octanol–water partition coefficient (Wildman–Crippen LogP) is 2.65. The van der Waals surface area contributed by atoms with Crippen molar-refractivity contribution < 1.29 is 9.53 Å². The van der Waals surface area contributed by atoms with Gasteiger partial charge in [0.05, 0.1) is 6.61 Å². The average molecular weight is 276 g/mol. The average Bonchev–Trinajstić information content (AvgIpc) is 2.97. The maximum absolute atomic E-state index is 11.5. The molecule has 110 valence electrons. The third kappa shape index (κ3) is 4.53. The predicted molar refractivity (Wildman–Crippen MR) is 79.7 cm³/mol. The molecule has 1 aliphatic heterocycles. The van der Waals surface area contributed by atoms with E-state index in [1.165, 1.54) is 12.0 Å². The topological polar surface area (TPSA) is 50.4 Å². The van der Waals surface area contributed by atoms with E-state index in [-0.39, 0.29) is 6.09 Å². The highest BCUT2D eigenvalue weighted by atomic mass is 16.5. The van der Waals surface area contributed by atoms with Gasteiger partial charge < -0.3 is 15.4 Å². The zero-order valence-corrected chi connectivity index (χ0v) is 12.3. The van der Waals surface area contributed by atoms with Crippen molar-refractivity contribution in [1.29, 1.82) is 0 Å². The van der Waals surface area contributed by atoms with Gasteiger partial charge in [-0.05, 0) is 35.9 Å². The van der Waals surface area contributed by atoms with E-state index in [2.05, 4.69) is 34.9 Å². The first-order valence-electron chi connectivity index (χ1n) is 7.35. The lowest BCUT2D eigenvalue weighted by Crippen LogP contribution is -2.25. The van der Waals surface area contributed by atoms with Crippen molar-refractivity contribution in [2.75, 3.05) is 19.7 Å². The fourth-order valence-electron chi connectivity index (χ4n) is 2.31. The molecule has 1 aliphatic rings. The van der Waals surface area contributed by atoms with Crippen molar-refractivity contribution in [1.82, 2.24) is 10.6 Å². The van der Waals surface area contributed by atoms with E-state index in [9.17, 15) is 4.79 Å². The summed E-state index contributed by atoms with van der Waals surface area (Å²) in [4.78, 5) is 11.5. The zero-order chi connectivity index (χ0) is 14.4. The summed E-state index contributed by atoms with van der Waals surface area (Å²) in [5.74, 6) is 0.994. The smallest absolute Gasteiger partial charge is 0.407 e. The molecule has 1 fully saturated rings. The number of ether oxygens (including phenoxy) is 1. The van der Waals surface area contributed by atoms with Crippen molar-refractivity contribution in [3.63, 3.8) is 0 Å². The van der Waals surface area contributed by atoms with E-state index >= 15 is 0 Å². The Morgan fingerprint density at radius 1 is 1.40 bits per heavy atom. The van der Waals surface area contributed by atoms with Gasteiger partial charge >= 0.3 is 6.09 Å². The maximum atomic E-state index is 11.5. The Balaban J connectivity index is 1.77. The number of carbonyl (C=O) groups is 1. The third-order valence-corrected chi connectivity index (χ3v) is 3.50. The van der Waals surface area contributed by atoms with Crippen LogP contribution in [0.2, 0.25) is 0 Å². The molecule has 1 aromatic rings. The number of hydrogen-bond acceptors (Lipinski definition) is 3. The van der Waals surface area contributed by atoms with Crippen molar-refractivity contribution >= 4 is 6.09 Å². The first-order chi connectivity index (χ1) is 9.65. The van der Waals surface area contributed by atoms with Crippen LogP contribution in [0.25, 0.3) is 0 Å². The van der Waals surface area contributed by atoms with Crippen LogP contribution in [-0.4, -0.2) is 25.8 Å². The minimum absolute atomic E-state index is 0.345. The molecule has 0 aromatic heterocycles. The van der Waals surface area contributed by atoms with Gasteiger partial charge in [0.2, 0.25) is 0 Å². The molecule has 4 heteroatoms. The molecule has 0 radical (unpaired) electrons. The van der Waals surface area contributed by atoms with E-state index in [1.54, 1.807) is 0 Å². The molecule has 20 heavy (non-hydrogen) atoms. The lowest BCUT2D eigenvalue weighted by molar-refractivity contribution is 0.132. The summed E-state index contributed by atoms with van der Waals surface area (Å²) in [5.41, 5.74) is 2.47. The van der Waals surface area contributed by atoms with Gasteiger partial charge in [-0.15, -0.1) is 0 Å². The molecular formula is C16H24N2O2. The first kappa shape index (κ1) is 14.9. The highest BCUT2D eigenvalue weighted by molar-refractivity contribution is 5.67. The van der Waals surface area contributed by atoms with Crippen LogP contribution >= 0.6 is 0 Å². The standard InChI is InChI=1S/C16H24N2O2/c1-12(2)11-20-16(19)18-9-13-3-5-14(6-4-13)15-7-8-17-10-15/h3-6,12,15,17H,7-11H2,1-2H3,(H,18,19). The van der Waals surface area contributed by atoms with Gasteiger partial charge in [0, 0.05) is 13.1 Å². The van der Waals surface area contributed by atoms with Gasteiger partial charge in [-0.25, -0.2) is 4.79 Å². The van der Waals surface area contributed by atoms with E-state index in [4.69, 9.17) is 4.74 Å². The third-order valence-electron chi connectivity index (χ3n) is 3.50. The van der Waals surface area contributed by atoms with Gasteiger partial charge in [-0.1, -0.05) is 38.1 Å². The molecule has 1 atom stereocenters. The lowest BCUT2D eigenvalue weighted by Gasteiger charge is -2.11. The Bertz CT molecular complexity index is 423. The van der Waals surface area contributed by atoms with E-state index in [0.717, 1.165) is 18.7 Å². The fraction of sp³-hybridized carbons (Fsp3) is 0.562. The van der Waals surface area contributed by atoms with Crippen molar-refractivity contribution in [3.8, 4) is 0 Å². The Hall–Kier alpha value is -1.55. The number of hydrogen-bond donors (Lipinski definition) is 2. The molecule has 2 rings (SSSR count). The Kier molecular flexibility index (Phi) is 5.41. The normalized spacial score (nSPS) is 18.2. The largest absolute Gasteiger partial charge is 0.449 e. The monoisotopic (exact) mass is 276 g/mol. The zero-order valence-electron chi connectivity index (χ0n) is 12.3. The maximum Gasteiger partial charge on any atom is 0.407 e. The van der Waals surface area contributed by atoms with Crippen LogP contribution in [0.3, 0.4) is 0 Å². The Morgan fingerprint density at radius 3 is 2.75 bits per heavy atom.